The zero-order valence-electron chi connectivity index (χ0n) is 14.4. The number of carbonyl (C=O) groups excluding carboxylic acids is 1. The number of nitrogens with zero attached hydrogens (tertiary/aromatic N) is 4. The highest BCUT2D eigenvalue weighted by Gasteiger charge is 2.27. The molecule has 1 fully saturated rings. The first-order chi connectivity index (χ1) is 12.8. The third-order valence-corrected chi connectivity index (χ3v) is 4.65. The molecule has 1 unspecified atom stereocenters. The first-order valence-electron chi connectivity index (χ1n) is 8.71. The molecule has 6 nitrogen and oxygen atoms in total. The Kier molecular flexibility index (Phi) is 4.64. The summed E-state index contributed by atoms with van der Waals surface area (Å²) in [6.45, 7) is 1.42. The summed E-state index contributed by atoms with van der Waals surface area (Å²) in [6.07, 6.45) is 4.39. The molecule has 0 N–H and O–H groups in total. The Hall–Kier alpha value is -3.15. The van der Waals surface area contributed by atoms with E-state index in [0.29, 0.717) is 12.3 Å². The van der Waals surface area contributed by atoms with Crippen molar-refractivity contribution in [2.45, 2.75) is 12.5 Å². The zero-order chi connectivity index (χ0) is 17.8. The van der Waals surface area contributed by atoms with Crippen molar-refractivity contribution in [2.24, 2.45) is 0 Å². The first kappa shape index (κ1) is 16.3. The molecule has 2 heterocycles. The van der Waals surface area contributed by atoms with Crippen LogP contribution < -0.4 is 4.74 Å². The molecular weight excluding hydrogens is 328 g/mol. The van der Waals surface area contributed by atoms with Crippen LogP contribution in [0.1, 0.15) is 12.5 Å². The minimum Gasteiger partial charge on any atom is -0.484 e. The van der Waals surface area contributed by atoms with Crippen molar-refractivity contribution < 1.29 is 9.53 Å². The van der Waals surface area contributed by atoms with Gasteiger partial charge < -0.3 is 9.64 Å². The van der Waals surface area contributed by atoms with Gasteiger partial charge in [0.05, 0.1) is 12.2 Å². The van der Waals surface area contributed by atoms with Crippen molar-refractivity contribution in [1.82, 2.24) is 19.9 Å². The van der Waals surface area contributed by atoms with E-state index in [1.807, 2.05) is 58.2 Å². The van der Waals surface area contributed by atoms with E-state index in [1.54, 1.807) is 6.20 Å². The second-order valence-corrected chi connectivity index (χ2v) is 6.34. The van der Waals surface area contributed by atoms with Gasteiger partial charge in [-0.2, -0.15) is 0 Å². The normalized spacial score (nSPS) is 16.6. The van der Waals surface area contributed by atoms with Crippen LogP contribution in [0.4, 0.5) is 0 Å². The molecule has 26 heavy (non-hydrogen) atoms. The summed E-state index contributed by atoms with van der Waals surface area (Å²) in [6, 6.07) is 18.2. The SMILES string of the molecule is O=C(COc1ccc(-c2ccccc2)cc1)N1CCC(n2ccnn2)C1. The quantitative estimate of drug-likeness (QED) is 0.711. The third kappa shape index (κ3) is 3.59. The number of amides is 1. The van der Waals surface area contributed by atoms with Gasteiger partial charge in [0.25, 0.3) is 5.91 Å². The molecule has 132 valence electrons. The van der Waals surface area contributed by atoms with Crippen LogP contribution in [-0.4, -0.2) is 45.5 Å². The Labute approximate surface area is 152 Å². The third-order valence-electron chi connectivity index (χ3n) is 4.65. The van der Waals surface area contributed by atoms with E-state index in [4.69, 9.17) is 4.74 Å². The molecule has 1 saturated heterocycles. The Morgan fingerprint density at radius 2 is 1.85 bits per heavy atom. The maximum atomic E-state index is 12.4. The fraction of sp³-hybridized carbons (Fsp3) is 0.250. The number of aromatic nitrogens is 3. The molecule has 4 rings (SSSR count). The number of ether oxygens (including phenoxy) is 1. The van der Waals surface area contributed by atoms with Crippen molar-refractivity contribution in [2.75, 3.05) is 19.7 Å². The van der Waals surface area contributed by atoms with Gasteiger partial charge in [-0.1, -0.05) is 47.7 Å². The van der Waals surface area contributed by atoms with Gasteiger partial charge in [0.1, 0.15) is 5.75 Å². The van der Waals surface area contributed by atoms with E-state index in [9.17, 15) is 4.79 Å². The molecule has 6 heteroatoms. The molecular formula is C20H20N4O2. The molecule has 1 aliphatic heterocycles. The summed E-state index contributed by atoms with van der Waals surface area (Å²) >= 11 is 0. The van der Waals surface area contributed by atoms with Crippen LogP contribution >= 0.6 is 0 Å². The summed E-state index contributed by atoms with van der Waals surface area (Å²) in [5.41, 5.74) is 2.28. The summed E-state index contributed by atoms with van der Waals surface area (Å²) in [4.78, 5) is 14.2. The van der Waals surface area contributed by atoms with Gasteiger partial charge in [-0.25, -0.2) is 4.68 Å². The lowest BCUT2D eigenvalue weighted by Crippen LogP contribution is -2.33. The van der Waals surface area contributed by atoms with Gasteiger partial charge >= 0.3 is 0 Å². The van der Waals surface area contributed by atoms with Crippen molar-refractivity contribution in [1.29, 1.82) is 0 Å². The number of hydrogen-bond acceptors (Lipinski definition) is 4. The molecule has 0 radical (unpaired) electrons. The maximum absolute atomic E-state index is 12.4. The maximum Gasteiger partial charge on any atom is 0.260 e. The van der Waals surface area contributed by atoms with Crippen molar-refractivity contribution in [3.05, 3.63) is 67.0 Å². The molecule has 3 aromatic rings. The van der Waals surface area contributed by atoms with Gasteiger partial charge in [0.15, 0.2) is 6.61 Å². The van der Waals surface area contributed by atoms with Crippen LogP contribution in [0.5, 0.6) is 5.75 Å². The summed E-state index contributed by atoms with van der Waals surface area (Å²) in [5.74, 6) is 0.699. The lowest BCUT2D eigenvalue weighted by atomic mass is 10.1. The fourth-order valence-electron chi connectivity index (χ4n) is 3.21. The van der Waals surface area contributed by atoms with E-state index in [2.05, 4.69) is 22.4 Å². The molecule has 0 aliphatic carbocycles. The minimum atomic E-state index is -0.000230. The topological polar surface area (TPSA) is 60.2 Å². The highest BCUT2D eigenvalue weighted by molar-refractivity contribution is 5.78. The molecule has 0 bridgehead atoms. The standard InChI is InChI=1S/C20H20N4O2/c25-20(23-12-10-18(14-23)24-13-11-21-22-24)15-26-19-8-6-17(7-9-19)16-4-2-1-3-5-16/h1-9,11,13,18H,10,12,14-15H2. The summed E-state index contributed by atoms with van der Waals surface area (Å²) in [7, 11) is 0. The minimum absolute atomic E-state index is 0.000230. The van der Waals surface area contributed by atoms with Gasteiger partial charge in [-0.3, -0.25) is 4.79 Å². The summed E-state index contributed by atoms with van der Waals surface area (Å²) in [5, 5.41) is 7.84. The smallest absolute Gasteiger partial charge is 0.260 e. The number of hydrogen-bond donors (Lipinski definition) is 0. The first-order valence-corrected chi connectivity index (χ1v) is 8.71. The van der Waals surface area contributed by atoms with Crippen LogP contribution in [-0.2, 0) is 4.79 Å². The molecule has 1 aliphatic rings. The average molecular weight is 348 g/mol. The lowest BCUT2D eigenvalue weighted by molar-refractivity contribution is -0.132. The Morgan fingerprint density at radius 3 is 2.58 bits per heavy atom. The van der Waals surface area contributed by atoms with Crippen LogP contribution in [0.3, 0.4) is 0 Å². The van der Waals surface area contributed by atoms with E-state index in [0.717, 1.165) is 24.1 Å². The molecule has 2 aromatic carbocycles. The second kappa shape index (κ2) is 7.39. The predicted molar refractivity (Wildman–Crippen MR) is 97.6 cm³/mol. The van der Waals surface area contributed by atoms with Gasteiger partial charge in [-0.05, 0) is 29.7 Å². The Bertz CT molecular complexity index is 847. The predicted octanol–water partition coefficient (Wildman–Crippen LogP) is 2.80. The van der Waals surface area contributed by atoms with E-state index >= 15 is 0 Å². The van der Waals surface area contributed by atoms with E-state index in [-0.39, 0.29) is 18.6 Å². The Morgan fingerprint density at radius 1 is 1.08 bits per heavy atom. The lowest BCUT2D eigenvalue weighted by Gasteiger charge is -2.17. The van der Waals surface area contributed by atoms with Gasteiger partial charge in [0, 0.05) is 19.3 Å². The number of benzene rings is 2. The van der Waals surface area contributed by atoms with Gasteiger partial charge in [-0.15, -0.1) is 5.10 Å². The average Bonchev–Trinajstić information content (AvgIpc) is 3.39. The molecule has 1 atom stereocenters. The number of carbonyl (C=O) groups is 1. The van der Waals surface area contributed by atoms with Crippen LogP contribution in [0.2, 0.25) is 0 Å². The summed E-state index contributed by atoms with van der Waals surface area (Å²) < 4.78 is 7.49. The molecule has 1 aromatic heterocycles. The van der Waals surface area contributed by atoms with Crippen LogP contribution in [0.15, 0.2) is 67.0 Å². The molecule has 1 amide bonds. The monoisotopic (exact) mass is 348 g/mol. The largest absolute Gasteiger partial charge is 0.484 e. The highest BCUT2D eigenvalue weighted by atomic mass is 16.5. The van der Waals surface area contributed by atoms with Crippen molar-refractivity contribution in [3.8, 4) is 16.9 Å². The van der Waals surface area contributed by atoms with Gasteiger partial charge in [0.2, 0.25) is 0 Å². The van der Waals surface area contributed by atoms with Crippen LogP contribution in [0, 0.1) is 0 Å². The van der Waals surface area contributed by atoms with Crippen molar-refractivity contribution >= 4 is 5.91 Å². The highest BCUT2D eigenvalue weighted by Crippen LogP contribution is 2.23. The van der Waals surface area contributed by atoms with E-state index < -0.39 is 0 Å². The second-order valence-electron chi connectivity index (χ2n) is 6.34. The molecule has 0 saturated carbocycles. The number of likely N-dealkylation sites (tertiary alicyclic amines) is 1. The van der Waals surface area contributed by atoms with Crippen molar-refractivity contribution in [3.63, 3.8) is 0 Å². The zero-order valence-corrected chi connectivity index (χ0v) is 14.4. The van der Waals surface area contributed by atoms with Crippen LogP contribution in [0.25, 0.3) is 11.1 Å². The Balaban J connectivity index is 1.31. The fourth-order valence-corrected chi connectivity index (χ4v) is 3.21. The number of rotatable bonds is 5. The van der Waals surface area contributed by atoms with E-state index in [1.165, 1.54) is 0 Å². The molecule has 0 spiro atoms.